The molecule has 3 saturated heterocycles. The highest BCUT2D eigenvalue weighted by molar-refractivity contribution is 6.33. The largest absolute Gasteiger partial charge is 0.573 e. The molecule has 10 heteroatoms. The summed E-state index contributed by atoms with van der Waals surface area (Å²) >= 11 is 6.20. The van der Waals surface area contributed by atoms with Crippen LogP contribution in [0.15, 0.2) is 35.3 Å². The number of aryl methyl sites for hydroxylation is 1. The van der Waals surface area contributed by atoms with E-state index in [1.807, 2.05) is 0 Å². The molecule has 3 fully saturated rings. The summed E-state index contributed by atoms with van der Waals surface area (Å²) in [5.74, 6) is -0.223. The number of benzene rings is 1. The quantitative estimate of drug-likeness (QED) is 0.770. The van der Waals surface area contributed by atoms with Crippen molar-refractivity contribution in [3.63, 3.8) is 0 Å². The number of ether oxygens (including phenoxy) is 1. The van der Waals surface area contributed by atoms with Gasteiger partial charge in [0.25, 0.3) is 5.56 Å². The summed E-state index contributed by atoms with van der Waals surface area (Å²) in [5.41, 5.74) is 1.25. The van der Waals surface area contributed by atoms with Crippen LogP contribution in [0, 0.1) is 0 Å². The number of hydrogen-bond donors (Lipinski definition) is 0. The topological polar surface area (TPSA) is 50.6 Å². The van der Waals surface area contributed by atoms with E-state index in [9.17, 15) is 18.0 Å². The molecule has 0 amide bonds. The number of halogens is 4. The Morgan fingerprint density at radius 1 is 1.21 bits per heavy atom. The van der Waals surface area contributed by atoms with Crippen LogP contribution in [0.4, 0.5) is 18.9 Å². The van der Waals surface area contributed by atoms with Crippen molar-refractivity contribution in [1.29, 1.82) is 0 Å². The fourth-order valence-electron chi connectivity index (χ4n) is 3.87. The predicted octanol–water partition coefficient (Wildman–Crippen LogP) is 2.80. The van der Waals surface area contributed by atoms with Gasteiger partial charge in [-0.15, -0.1) is 13.2 Å². The molecular weight excluding hydrogens is 397 g/mol. The van der Waals surface area contributed by atoms with Crippen molar-refractivity contribution in [2.45, 2.75) is 31.4 Å². The van der Waals surface area contributed by atoms with Crippen LogP contribution in [0.5, 0.6) is 5.75 Å². The van der Waals surface area contributed by atoms with Crippen molar-refractivity contribution >= 4 is 17.3 Å². The Balaban J connectivity index is 1.40. The number of hydrogen-bond acceptors (Lipinski definition) is 5. The molecule has 2 bridgehead atoms. The van der Waals surface area contributed by atoms with E-state index in [1.54, 1.807) is 25.4 Å². The van der Waals surface area contributed by atoms with E-state index in [2.05, 4.69) is 19.6 Å². The highest BCUT2D eigenvalue weighted by atomic mass is 35.5. The number of piperazine rings is 1. The summed E-state index contributed by atoms with van der Waals surface area (Å²) < 4.78 is 41.9. The van der Waals surface area contributed by atoms with Crippen LogP contribution in [0.1, 0.15) is 12.0 Å². The Labute approximate surface area is 164 Å². The molecule has 2 aromatic rings. The van der Waals surface area contributed by atoms with Gasteiger partial charge in [0.05, 0.1) is 11.9 Å². The first kappa shape index (κ1) is 19.1. The average Bonchev–Trinajstić information content (AvgIpc) is 2.64. The molecule has 2 atom stereocenters. The standard InChI is InChI=1S/C18H18ClF3N4O2/c1-24-17(27)16(19)15(7-23-24)25-9-12-6-13(10-25)26(12)8-11-2-4-14(5-3-11)28-18(20,21)22/h2-5,7,12-13H,6,8-10H2,1H3. The van der Waals surface area contributed by atoms with Gasteiger partial charge in [0.15, 0.2) is 0 Å². The van der Waals surface area contributed by atoms with E-state index in [0.717, 1.165) is 25.1 Å². The zero-order valence-corrected chi connectivity index (χ0v) is 15.7. The van der Waals surface area contributed by atoms with Crippen molar-refractivity contribution < 1.29 is 17.9 Å². The van der Waals surface area contributed by atoms with E-state index < -0.39 is 6.36 Å². The summed E-state index contributed by atoms with van der Waals surface area (Å²) in [7, 11) is 1.55. The van der Waals surface area contributed by atoms with Gasteiger partial charge in [-0.3, -0.25) is 9.69 Å². The molecule has 1 aromatic carbocycles. The smallest absolute Gasteiger partial charge is 0.406 e. The van der Waals surface area contributed by atoms with Gasteiger partial charge in [0, 0.05) is 38.8 Å². The number of fused-ring (bicyclic) bond motifs is 2. The molecule has 150 valence electrons. The van der Waals surface area contributed by atoms with Crippen LogP contribution in [-0.2, 0) is 13.6 Å². The zero-order valence-electron chi connectivity index (χ0n) is 15.0. The summed E-state index contributed by atoms with van der Waals surface area (Å²) in [6.45, 7) is 2.10. The summed E-state index contributed by atoms with van der Waals surface area (Å²) in [6.07, 6.45) is -2.03. The Morgan fingerprint density at radius 2 is 1.86 bits per heavy atom. The van der Waals surface area contributed by atoms with Crippen molar-refractivity contribution in [2.75, 3.05) is 18.0 Å². The minimum atomic E-state index is -4.69. The second-order valence-corrected chi connectivity index (χ2v) is 7.46. The van der Waals surface area contributed by atoms with Crippen molar-refractivity contribution in [1.82, 2.24) is 14.7 Å². The molecule has 0 spiro atoms. The second-order valence-electron chi connectivity index (χ2n) is 7.08. The van der Waals surface area contributed by atoms with Crippen LogP contribution < -0.4 is 15.2 Å². The normalized spacial score (nSPS) is 22.1. The third-order valence-electron chi connectivity index (χ3n) is 5.27. The fourth-order valence-corrected chi connectivity index (χ4v) is 4.16. The molecule has 4 heterocycles. The van der Waals surface area contributed by atoms with E-state index in [0.29, 0.717) is 24.3 Å². The van der Waals surface area contributed by atoms with Gasteiger partial charge in [-0.25, -0.2) is 4.68 Å². The monoisotopic (exact) mass is 414 g/mol. The number of piperidine rings is 1. The Kier molecular flexibility index (Phi) is 4.75. The highest BCUT2D eigenvalue weighted by Crippen LogP contribution is 2.37. The van der Waals surface area contributed by atoms with Crippen LogP contribution in [-0.4, -0.2) is 46.2 Å². The Bertz CT molecular complexity index is 920. The summed E-state index contributed by atoms with van der Waals surface area (Å²) in [5, 5.41) is 4.22. The molecule has 3 aliphatic heterocycles. The maximum absolute atomic E-state index is 12.3. The highest BCUT2D eigenvalue weighted by Gasteiger charge is 2.45. The van der Waals surface area contributed by atoms with E-state index >= 15 is 0 Å². The zero-order chi connectivity index (χ0) is 20.1. The number of rotatable bonds is 4. The molecule has 5 rings (SSSR count). The molecule has 3 aliphatic rings. The van der Waals surface area contributed by atoms with Crippen molar-refractivity contribution in [3.8, 4) is 5.75 Å². The molecule has 2 unspecified atom stereocenters. The number of aromatic nitrogens is 2. The summed E-state index contributed by atoms with van der Waals surface area (Å²) in [4.78, 5) is 16.4. The predicted molar refractivity (Wildman–Crippen MR) is 97.6 cm³/mol. The Morgan fingerprint density at radius 3 is 2.46 bits per heavy atom. The lowest BCUT2D eigenvalue weighted by Gasteiger charge is -2.57. The van der Waals surface area contributed by atoms with Crippen molar-refractivity contribution in [3.05, 3.63) is 51.4 Å². The van der Waals surface area contributed by atoms with Gasteiger partial charge in [-0.1, -0.05) is 23.7 Å². The molecule has 6 nitrogen and oxygen atoms in total. The van der Waals surface area contributed by atoms with E-state index in [4.69, 9.17) is 11.6 Å². The Hall–Kier alpha value is -2.26. The molecule has 0 radical (unpaired) electrons. The first-order valence-corrected chi connectivity index (χ1v) is 9.16. The molecule has 1 aromatic heterocycles. The molecular formula is C18H18ClF3N4O2. The molecule has 28 heavy (non-hydrogen) atoms. The van der Waals surface area contributed by atoms with Crippen LogP contribution in [0.25, 0.3) is 0 Å². The number of alkyl halides is 3. The summed E-state index contributed by atoms with van der Waals surface area (Å²) in [6, 6.07) is 6.55. The van der Waals surface area contributed by atoms with E-state index in [1.165, 1.54) is 16.8 Å². The third-order valence-corrected chi connectivity index (χ3v) is 5.62. The first-order chi connectivity index (χ1) is 13.2. The average molecular weight is 415 g/mol. The van der Waals surface area contributed by atoms with Crippen LogP contribution >= 0.6 is 11.6 Å². The van der Waals surface area contributed by atoms with Gasteiger partial charge in [0.2, 0.25) is 0 Å². The van der Waals surface area contributed by atoms with Gasteiger partial charge < -0.3 is 9.64 Å². The first-order valence-electron chi connectivity index (χ1n) is 8.78. The maximum Gasteiger partial charge on any atom is 0.573 e. The molecule has 0 N–H and O–H groups in total. The van der Waals surface area contributed by atoms with Crippen LogP contribution in [0.3, 0.4) is 0 Å². The minimum Gasteiger partial charge on any atom is -0.406 e. The maximum atomic E-state index is 12.3. The van der Waals surface area contributed by atoms with Crippen LogP contribution in [0.2, 0.25) is 5.02 Å². The van der Waals surface area contributed by atoms with Gasteiger partial charge in [-0.05, 0) is 24.1 Å². The number of nitrogens with zero attached hydrogens (tertiary/aromatic N) is 4. The lowest BCUT2D eigenvalue weighted by atomic mass is 9.86. The number of anilines is 1. The van der Waals surface area contributed by atoms with E-state index in [-0.39, 0.29) is 16.3 Å². The fraction of sp³-hybridized carbons (Fsp3) is 0.444. The molecule has 0 aliphatic carbocycles. The van der Waals surface area contributed by atoms with Gasteiger partial charge >= 0.3 is 6.36 Å². The lowest BCUT2D eigenvalue weighted by Crippen LogP contribution is -2.68. The lowest BCUT2D eigenvalue weighted by molar-refractivity contribution is -0.274. The van der Waals surface area contributed by atoms with Gasteiger partial charge in [-0.2, -0.15) is 5.10 Å². The third kappa shape index (κ3) is 3.68. The van der Waals surface area contributed by atoms with Crippen molar-refractivity contribution in [2.24, 2.45) is 7.05 Å². The SMILES string of the molecule is Cn1ncc(N2CC3CC(C2)N3Cc2ccc(OC(F)(F)F)cc2)c(Cl)c1=O. The minimum absolute atomic E-state index is 0.172. The van der Waals surface area contributed by atoms with Gasteiger partial charge in [0.1, 0.15) is 10.8 Å². The molecule has 0 saturated carbocycles. The second kappa shape index (κ2) is 6.97.